The van der Waals surface area contributed by atoms with Crippen LogP contribution in [0.25, 0.3) is 0 Å². The highest BCUT2D eigenvalue weighted by molar-refractivity contribution is 5.79. The zero-order chi connectivity index (χ0) is 16.3. The molecule has 4 heteroatoms. The monoisotopic (exact) mass is 316 g/mol. The van der Waals surface area contributed by atoms with Gasteiger partial charge in [0.1, 0.15) is 0 Å². The van der Waals surface area contributed by atoms with Crippen LogP contribution in [0, 0.1) is 0 Å². The van der Waals surface area contributed by atoms with Gasteiger partial charge in [0.2, 0.25) is 5.91 Å². The second-order valence-electron chi connectivity index (χ2n) is 7.12. The van der Waals surface area contributed by atoms with E-state index < -0.39 is 0 Å². The minimum Gasteiger partial charge on any atom is -0.392 e. The number of nitrogens with zero attached hydrogens (tertiary/aromatic N) is 1. The van der Waals surface area contributed by atoms with Crippen LogP contribution in [0.15, 0.2) is 30.3 Å². The van der Waals surface area contributed by atoms with E-state index in [2.05, 4.69) is 22.3 Å². The molecule has 1 saturated heterocycles. The number of hydrogen-bond donors (Lipinski definition) is 2. The molecule has 2 unspecified atom stereocenters. The SMILES string of the molecule is CC(O)C1CCCCN1CC(=O)NC1(c2ccccc2)CCC1. The van der Waals surface area contributed by atoms with Gasteiger partial charge in [-0.3, -0.25) is 9.69 Å². The second-order valence-corrected chi connectivity index (χ2v) is 7.12. The minimum absolute atomic E-state index is 0.0844. The summed E-state index contributed by atoms with van der Waals surface area (Å²) in [5, 5.41) is 13.2. The number of amides is 1. The first-order chi connectivity index (χ1) is 11.1. The average molecular weight is 316 g/mol. The zero-order valence-electron chi connectivity index (χ0n) is 14.0. The van der Waals surface area contributed by atoms with E-state index in [1.807, 2.05) is 25.1 Å². The van der Waals surface area contributed by atoms with Crippen LogP contribution in [0.4, 0.5) is 0 Å². The summed E-state index contributed by atoms with van der Waals surface area (Å²) in [5.41, 5.74) is 1.04. The Morgan fingerprint density at radius 3 is 2.65 bits per heavy atom. The molecule has 1 aliphatic heterocycles. The van der Waals surface area contributed by atoms with Crippen LogP contribution in [0.5, 0.6) is 0 Å². The van der Waals surface area contributed by atoms with Crippen molar-refractivity contribution in [3.8, 4) is 0 Å². The maximum atomic E-state index is 12.6. The van der Waals surface area contributed by atoms with Gasteiger partial charge in [-0.25, -0.2) is 0 Å². The molecule has 0 radical (unpaired) electrons. The van der Waals surface area contributed by atoms with Gasteiger partial charge in [0.05, 0.1) is 18.2 Å². The molecule has 3 rings (SSSR count). The lowest BCUT2D eigenvalue weighted by atomic mass is 9.72. The second kappa shape index (κ2) is 7.02. The van der Waals surface area contributed by atoms with E-state index in [0.29, 0.717) is 6.54 Å². The minimum atomic E-state index is -0.380. The first-order valence-corrected chi connectivity index (χ1v) is 8.89. The summed E-state index contributed by atoms with van der Waals surface area (Å²) in [4.78, 5) is 14.8. The van der Waals surface area contributed by atoms with Crippen molar-refractivity contribution in [3.05, 3.63) is 35.9 Å². The van der Waals surface area contributed by atoms with Crippen LogP contribution >= 0.6 is 0 Å². The molecule has 126 valence electrons. The molecule has 2 atom stereocenters. The zero-order valence-corrected chi connectivity index (χ0v) is 14.0. The van der Waals surface area contributed by atoms with Gasteiger partial charge in [-0.2, -0.15) is 0 Å². The number of carbonyl (C=O) groups is 1. The topological polar surface area (TPSA) is 52.6 Å². The third-order valence-corrected chi connectivity index (χ3v) is 5.48. The molecular formula is C19H28N2O2. The average Bonchev–Trinajstić information content (AvgIpc) is 2.52. The summed E-state index contributed by atoms with van der Waals surface area (Å²) in [5.74, 6) is 0.0844. The van der Waals surface area contributed by atoms with Gasteiger partial charge in [-0.05, 0) is 51.1 Å². The molecule has 4 nitrogen and oxygen atoms in total. The van der Waals surface area contributed by atoms with E-state index in [9.17, 15) is 9.90 Å². The molecule has 1 amide bonds. The number of hydrogen-bond acceptors (Lipinski definition) is 3. The van der Waals surface area contributed by atoms with E-state index in [0.717, 1.165) is 45.1 Å². The number of aliphatic hydroxyl groups excluding tert-OH is 1. The van der Waals surface area contributed by atoms with Crippen molar-refractivity contribution in [2.24, 2.45) is 0 Å². The lowest BCUT2D eigenvalue weighted by molar-refractivity contribution is -0.127. The van der Waals surface area contributed by atoms with Crippen molar-refractivity contribution < 1.29 is 9.90 Å². The Labute approximate surface area is 138 Å². The van der Waals surface area contributed by atoms with E-state index in [4.69, 9.17) is 0 Å². The molecule has 1 aliphatic carbocycles. The van der Waals surface area contributed by atoms with Crippen molar-refractivity contribution in [1.82, 2.24) is 10.2 Å². The van der Waals surface area contributed by atoms with E-state index in [-0.39, 0.29) is 23.6 Å². The highest BCUT2D eigenvalue weighted by atomic mass is 16.3. The van der Waals surface area contributed by atoms with Crippen LogP contribution in [0.3, 0.4) is 0 Å². The maximum Gasteiger partial charge on any atom is 0.234 e. The first-order valence-electron chi connectivity index (χ1n) is 8.89. The number of benzene rings is 1. The van der Waals surface area contributed by atoms with Gasteiger partial charge in [0.15, 0.2) is 0 Å². The summed E-state index contributed by atoms with van der Waals surface area (Å²) < 4.78 is 0. The van der Waals surface area contributed by atoms with Crippen molar-refractivity contribution in [2.45, 2.75) is 63.1 Å². The Bertz CT molecular complexity index is 525. The number of carbonyl (C=O) groups excluding carboxylic acids is 1. The number of aliphatic hydroxyl groups is 1. The smallest absolute Gasteiger partial charge is 0.234 e. The summed E-state index contributed by atoms with van der Waals surface area (Å²) in [6, 6.07) is 10.4. The molecule has 1 heterocycles. The number of rotatable bonds is 5. The van der Waals surface area contributed by atoms with Crippen molar-refractivity contribution in [3.63, 3.8) is 0 Å². The number of nitrogens with one attached hydrogen (secondary N) is 1. The third-order valence-electron chi connectivity index (χ3n) is 5.48. The quantitative estimate of drug-likeness (QED) is 0.877. The van der Waals surface area contributed by atoms with E-state index in [1.165, 1.54) is 5.56 Å². The molecule has 2 fully saturated rings. The van der Waals surface area contributed by atoms with Crippen molar-refractivity contribution in [1.29, 1.82) is 0 Å². The van der Waals surface area contributed by atoms with E-state index in [1.54, 1.807) is 0 Å². The van der Waals surface area contributed by atoms with Gasteiger partial charge in [-0.15, -0.1) is 0 Å². The normalized spacial score (nSPS) is 25.4. The fourth-order valence-corrected chi connectivity index (χ4v) is 4.02. The Morgan fingerprint density at radius 2 is 2.04 bits per heavy atom. The molecule has 0 aromatic heterocycles. The third kappa shape index (κ3) is 3.59. The lowest BCUT2D eigenvalue weighted by Crippen LogP contribution is -2.55. The Hall–Kier alpha value is -1.39. The fourth-order valence-electron chi connectivity index (χ4n) is 4.02. The largest absolute Gasteiger partial charge is 0.392 e. The highest BCUT2D eigenvalue weighted by Crippen LogP contribution is 2.41. The lowest BCUT2D eigenvalue weighted by Gasteiger charge is -2.44. The molecule has 1 aromatic carbocycles. The van der Waals surface area contributed by atoms with Crippen LogP contribution in [0.2, 0.25) is 0 Å². The first kappa shape index (κ1) is 16.5. The van der Waals surface area contributed by atoms with Crippen LogP contribution in [0.1, 0.15) is 51.0 Å². The summed E-state index contributed by atoms with van der Waals surface area (Å²) in [7, 11) is 0. The van der Waals surface area contributed by atoms with E-state index >= 15 is 0 Å². The van der Waals surface area contributed by atoms with Gasteiger partial charge in [0, 0.05) is 6.04 Å². The predicted molar refractivity (Wildman–Crippen MR) is 91.0 cm³/mol. The standard InChI is InChI=1S/C19H28N2O2/c1-15(22)17-10-5-6-13-21(17)14-18(23)20-19(11-7-12-19)16-8-3-2-4-9-16/h2-4,8-9,15,17,22H,5-7,10-14H2,1H3,(H,20,23). The molecular weight excluding hydrogens is 288 g/mol. The molecule has 1 saturated carbocycles. The Kier molecular flexibility index (Phi) is 5.02. The fraction of sp³-hybridized carbons (Fsp3) is 0.632. The molecule has 1 aromatic rings. The Balaban J connectivity index is 1.64. The Morgan fingerprint density at radius 1 is 1.30 bits per heavy atom. The number of piperidine rings is 1. The van der Waals surface area contributed by atoms with Crippen molar-refractivity contribution in [2.75, 3.05) is 13.1 Å². The molecule has 23 heavy (non-hydrogen) atoms. The van der Waals surface area contributed by atoms with Crippen molar-refractivity contribution >= 4 is 5.91 Å². The molecule has 2 aliphatic rings. The van der Waals surface area contributed by atoms with Crippen LogP contribution in [-0.4, -0.2) is 41.1 Å². The van der Waals surface area contributed by atoms with Crippen LogP contribution in [-0.2, 0) is 10.3 Å². The molecule has 0 spiro atoms. The van der Waals surface area contributed by atoms with Crippen LogP contribution < -0.4 is 5.32 Å². The number of likely N-dealkylation sites (tertiary alicyclic amines) is 1. The maximum absolute atomic E-state index is 12.6. The summed E-state index contributed by atoms with van der Waals surface area (Å²) in [6.07, 6.45) is 6.05. The predicted octanol–water partition coefficient (Wildman–Crippen LogP) is 2.42. The summed E-state index contributed by atoms with van der Waals surface area (Å²) >= 11 is 0. The van der Waals surface area contributed by atoms with Gasteiger partial charge >= 0.3 is 0 Å². The summed E-state index contributed by atoms with van der Waals surface area (Å²) in [6.45, 7) is 3.13. The van der Waals surface area contributed by atoms with Gasteiger partial charge in [0.25, 0.3) is 0 Å². The van der Waals surface area contributed by atoms with Gasteiger partial charge < -0.3 is 10.4 Å². The van der Waals surface area contributed by atoms with Gasteiger partial charge in [-0.1, -0.05) is 36.8 Å². The highest BCUT2D eigenvalue weighted by Gasteiger charge is 2.40. The molecule has 2 N–H and O–H groups in total. The molecule has 0 bridgehead atoms.